The van der Waals surface area contributed by atoms with E-state index in [2.05, 4.69) is 20.8 Å². The summed E-state index contributed by atoms with van der Waals surface area (Å²) in [6, 6.07) is 24.9. The molecule has 210 valence electrons. The van der Waals surface area contributed by atoms with E-state index in [1.54, 1.807) is 19.1 Å². The second kappa shape index (κ2) is 13.3. The average Bonchev–Trinajstić information content (AvgIpc) is 3.35. The van der Waals surface area contributed by atoms with Crippen LogP contribution in [0.25, 0.3) is 0 Å². The second-order valence-electron chi connectivity index (χ2n) is 10.7. The first kappa shape index (κ1) is 28.9. The fourth-order valence-corrected chi connectivity index (χ4v) is 4.10. The van der Waals surface area contributed by atoms with E-state index in [1.165, 1.54) is 6.07 Å². The van der Waals surface area contributed by atoms with Gasteiger partial charge >= 0.3 is 5.97 Å². The number of carbonyl (C=O) groups excluding carboxylic acids is 1. The topological polar surface area (TPSA) is 62.6 Å². The molecule has 6 nitrogen and oxygen atoms in total. The van der Waals surface area contributed by atoms with Crippen molar-refractivity contribution in [2.75, 3.05) is 6.61 Å². The molecule has 4 rings (SSSR count). The van der Waals surface area contributed by atoms with E-state index in [0.29, 0.717) is 44.1 Å². The standard InChI is InChI=1S/C33H37FN2O4/c1-5-38-32(37)18-16-27-15-17-28(19-29(27)34)39-22-26-13-11-24(12-14-26)21-36-31(20-30(35-36)33(2,3)4)40-23-25-9-7-6-8-10-25/h6-15,17,19-20H,5,16,18,21-23H2,1-4H3. The quantitative estimate of drug-likeness (QED) is 0.179. The number of nitrogens with zero attached hydrogens (tertiary/aromatic N) is 2. The molecule has 0 N–H and O–H groups in total. The Hall–Kier alpha value is -4.13. The molecule has 1 aromatic heterocycles. The van der Waals surface area contributed by atoms with E-state index >= 15 is 0 Å². The molecule has 0 aliphatic rings. The predicted molar refractivity (Wildman–Crippen MR) is 153 cm³/mol. The molecule has 3 aromatic carbocycles. The molecular weight excluding hydrogens is 507 g/mol. The second-order valence-corrected chi connectivity index (χ2v) is 10.7. The summed E-state index contributed by atoms with van der Waals surface area (Å²) in [6.45, 7) is 9.83. The lowest BCUT2D eigenvalue weighted by Crippen LogP contribution is -2.13. The number of benzene rings is 3. The third-order valence-electron chi connectivity index (χ3n) is 6.43. The fraction of sp³-hybridized carbons (Fsp3) is 0.333. The van der Waals surface area contributed by atoms with Gasteiger partial charge in [-0.15, -0.1) is 0 Å². The lowest BCUT2D eigenvalue weighted by Gasteiger charge is -2.14. The number of halogens is 1. The Labute approximate surface area is 235 Å². The number of ether oxygens (including phenoxy) is 3. The molecule has 7 heteroatoms. The predicted octanol–water partition coefficient (Wildman–Crippen LogP) is 7.02. The summed E-state index contributed by atoms with van der Waals surface area (Å²) < 4.78 is 33.3. The van der Waals surface area contributed by atoms with Crippen LogP contribution in [0.3, 0.4) is 0 Å². The third-order valence-corrected chi connectivity index (χ3v) is 6.43. The van der Waals surface area contributed by atoms with E-state index in [-0.39, 0.29) is 17.8 Å². The molecule has 0 aliphatic heterocycles. The lowest BCUT2D eigenvalue weighted by molar-refractivity contribution is -0.143. The van der Waals surface area contributed by atoms with Crippen molar-refractivity contribution in [3.05, 3.63) is 113 Å². The number of hydrogen-bond acceptors (Lipinski definition) is 5. The first-order valence-corrected chi connectivity index (χ1v) is 13.6. The zero-order chi connectivity index (χ0) is 28.5. The van der Waals surface area contributed by atoms with Crippen LogP contribution in [0, 0.1) is 5.82 Å². The smallest absolute Gasteiger partial charge is 0.306 e. The van der Waals surface area contributed by atoms with E-state index in [1.807, 2.05) is 65.3 Å². The molecule has 0 saturated heterocycles. The van der Waals surface area contributed by atoms with Crippen molar-refractivity contribution in [2.45, 2.75) is 65.7 Å². The van der Waals surface area contributed by atoms with Crippen LogP contribution < -0.4 is 9.47 Å². The Bertz CT molecular complexity index is 1390. The van der Waals surface area contributed by atoms with Crippen molar-refractivity contribution in [3.63, 3.8) is 0 Å². The summed E-state index contributed by atoms with van der Waals surface area (Å²) in [7, 11) is 0. The number of hydrogen-bond donors (Lipinski definition) is 0. The summed E-state index contributed by atoms with van der Waals surface area (Å²) in [5.74, 6) is 0.446. The Morgan fingerprint density at radius 3 is 2.23 bits per heavy atom. The Balaban J connectivity index is 1.36. The first-order chi connectivity index (χ1) is 19.2. The average molecular weight is 545 g/mol. The maximum absolute atomic E-state index is 14.5. The normalized spacial score (nSPS) is 11.3. The van der Waals surface area contributed by atoms with Crippen LogP contribution in [0.15, 0.2) is 78.9 Å². The highest BCUT2D eigenvalue weighted by molar-refractivity contribution is 5.69. The highest BCUT2D eigenvalue weighted by Gasteiger charge is 2.21. The third kappa shape index (κ3) is 8.18. The van der Waals surface area contributed by atoms with E-state index in [9.17, 15) is 9.18 Å². The van der Waals surface area contributed by atoms with Gasteiger partial charge < -0.3 is 14.2 Å². The molecule has 0 atom stereocenters. The summed E-state index contributed by atoms with van der Waals surface area (Å²) in [5.41, 5.74) is 4.48. The SMILES string of the molecule is CCOC(=O)CCc1ccc(OCc2ccc(Cn3nc(C(C)(C)C)cc3OCc3ccccc3)cc2)cc1F. The summed E-state index contributed by atoms with van der Waals surface area (Å²) in [6.07, 6.45) is 0.437. The van der Waals surface area contributed by atoms with Crippen LogP contribution in [0.5, 0.6) is 11.6 Å². The van der Waals surface area contributed by atoms with E-state index < -0.39 is 5.82 Å². The van der Waals surface area contributed by atoms with Gasteiger partial charge in [0.15, 0.2) is 0 Å². The number of carbonyl (C=O) groups is 1. The molecule has 0 radical (unpaired) electrons. The molecule has 0 amide bonds. The van der Waals surface area contributed by atoms with Crippen molar-refractivity contribution in [1.82, 2.24) is 9.78 Å². The minimum absolute atomic E-state index is 0.101. The van der Waals surface area contributed by atoms with Gasteiger partial charge in [0.25, 0.3) is 0 Å². The molecular formula is C33H37FN2O4. The first-order valence-electron chi connectivity index (χ1n) is 13.6. The van der Waals surface area contributed by atoms with Crippen LogP contribution in [0.2, 0.25) is 0 Å². The van der Waals surface area contributed by atoms with Crippen LogP contribution in [0.1, 0.15) is 62.1 Å². The van der Waals surface area contributed by atoms with Crippen molar-refractivity contribution in [3.8, 4) is 11.6 Å². The Morgan fingerprint density at radius 2 is 1.55 bits per heavy atom. The number of esters is 1. The minimum Gasteiger partial charge on any atom is -0.489 e. The van der Waals surface area contributed by atoms with Crippen LogP contribution in [-0.2, 0) is 41.1 Å². The Kier molecular flexibility index (Phi) is 9.59. The summed E-state index contributed by atoms with van der Waals surface area (Å²) in [4.78, 5) is 11.5. The summed E-state index contributed by atoms with van der Waals surface area (Å²) in [5, 5.41) is 4.84. The number of aromatic nitrogens is 2. The fourth-order valence-electron chi connectivity index (χ4n) is 4.10. The molecule has 0 aliphatic carbocycles. The van der Waals surface area contributed by atoms with Gasteiger partial charge in [0.05, 0.1) is 18.8 Å². The highest BCUT2D eigenvalue weighted by atomic mass is 19.1. The van der Waals surface area contributed by atoms with Crippen molar-refractivity contribution in [2.24, 2.45) is 0 Å². The Morgan fingerprint density at radius 1 is 0.875 bits per heavy atom. The van der Waals surface area contributed by atoms with Gasteiger partial charge in [0.1, 0.15) is 24.8 Å². The van der Waals surface area contributed by atoms with Crippen LogP contribution in [0.4, 0.5) is 4.39 Å². The van der Waals surface area contributed by atoms with Crippen molar-refractivity contribution in [1.29, 1.82) is 0 Å². The highest BCUT2D eigenvalue weighted by Crippen LogP contribution is 2.27. The van der Waals surface area contributed by atoms with Crippen LogP contribution in [-0.4, -0.2) is 22.4 Å². The van der Waals surface area contributed by atoms with E-state index in [0.717, 1.165) is 28.3 Å². The molecule has 0 fully saturated rings. The molecule has 0 unspecified atom stereocenters. The van der Waals surface area contributed by atoms with E-state index in [4.69, 9.17) is 19.3 Å². The van der Waals surface area contributed by atoms with Crippen molar-refractivity contribution >= 4 is 5.97 Å². The largest absolute Gasteiger partial charge is 0.489 e. The zero-order valence-electron chi connectivity index (χ0n) is 23.7. The molecule has 0 spiro atoms. The molecule has 4 aromatic rings. The van der Waals surface area contributed by atoms with Crippen molar-refractivity contribution < 1.29 is 23.4 Å². The van der Waals surface area contributed by atoms with Gasteiger partial charge in [-0.05, 0) is 41.7 Å². The molecule has 0 bridgehead atoms. The van der Waals surface area contributed by atoms with Gasteiger partial charge in [0, 0.05) is 24.0 Å². The maximum Gasteiger partial charge on any atom is 0.306 e. The lowest BCUT2D eigenvalue weighted by atomic mass is 9.93. The number of aryl methyl sites for hydroxylation is 1. The molecule has 1 heterocycles. The maximum atomic E-state index is 14.5. The summed E-state index contributed by atoms with van der Waals surface area (Å²) >= 11 is 0. The molecule has 40 heavy (non-hydrogen) atoms. The van der Waals surface area contributed by atoms with Gasteiger partial charge in [-0.1, -0.05) is 81.4 Å². The van der Waals surface area contributed by atoms with Gasteiger partial charge in [-0.25, -0.2) is 9.07 Å². The zero-order valence-corrected chi connectivity index (χ0v) is 23.7. The van der Waals surface area contributed by atoms with Gasteiger partial charge in [-0.2, -0.15) is 5.10 Å². The monoisotopic (exact) mass is 544 g/mol. The number of rotatable bonds is 12. The van der Waals surface area contributed by atoms with Gasteiger partial charge in [-0.3, -0.25) is 4.79 Å². The van der Waals surface area contributed by atoms with Crippen LogP contribution >= 0.6 is 0 Å². The minimum atomic E-state index is -0.392. The molecule has 0 saturated carbocycles. The van der Waals surface area contributed by atoms with Gasteiger partial charge in [0.2, 0.25) is 5.88 Å².